The van der Waals surface area contributed by atoms with Gasteiger partial charge in [-0.2, -0.15) is 0 Å². The molecule has 0 amide bonds. The van der Waals surface area contributed by atoms with E-state index in [1.165, 1.54) is 154 Å². The highest BCUT2D eigenvalue weighted by Gasteiger charge is 2.45. The lowest BCUT2D eigenvalue weighted by Gasteiger charge is -2.35. The van der Waals surface area contributed by atoms with Crippen LogP contribution < -0.4 is 10.9 Å². The van der Waals surface area contributed by atoms with Gasteiger partial charge in [0.05, 0.1) is 27.6 Å². The van der Waals surface area contributed by atoms with Crippen molar-refractivity contribution in [1.29, 1.82) is 0 Å². The molecule has 0 saturated heterocycles. The van der Waals surface area contributed by atoms with Gasteiger partial charge in [-0.3, -0.25) is 0 Å². The first-order valence-corrected chi connectivity index (χ1v) is 25.7. The summed E-state index contributed by atoms with van der Waals surface area (Å²) in [6.45, 7) is 23.5. The molecule has 0 unspecified atom stereocenters. The summed E-state index contributed by atoms with van der Waals surface area (Å²) in [6, 6.07) is 57.3. The highest BCUT2D eigenvalue weighted by molar-refractivity contribution is 6.92. The van der Waals surface area contributed by atoms with E-state index in [1.807, 2.05) is 0 Å². The average Bonchev–Trinajstić information content (AvgIpc) is 4.08. The Bertz CT molecular complexity index is 4470. The number of para-hydroxylation sites is 2. The average molecular weight is 902 g/mol. The van der Waals surface area contributed by atoms with Crippen molar-refractivity contribution in [3.63, 3.8) is 0 Å². The smallest absolute Gasteiger partial charge is 0.333 e. The fourth-order valence-electron chi connectivity index (χ4n) is 13.8. The zero-order chi connectivity index (χ0) is 47.6. The summed E-state index contributed by atoms with van der Waals surface area (Å²) in [5, 5.41) is 13.3. The second kappa shape index (κ2) is 13.3. The number of hydrogen-bond donors (Lipinski definition) is 0. The summed E-state index contributed by atoms with van der Waals surface area (Å²) < 4.78 is 8.11. The van der Waals surface area contributed by atoms with E-state index in [0.717, 1.165) is 0 Å². The SMILES string of the molecule is CC(C)c1cccc(C(C)C)c1-c1ccc2c(c1)c1c3ccccc3c3c4c1n2-c1cc2c5ccccc5n5c6ccccc6c(c1B4n1c4ccc(C(C)(C)C)cc4c4cc(C(C)(C)C)cc-3c41)c25. The zero-order valence-electron chi connectivity index (χ0n) is 41.9. The van der Waals surface area contributed by atoms with Crippen molar-refractivity contribution in [2.24, 2.45) is 0 Å². The van der Waals surface area contributed by atoms with Gasteiger partial charge in [-0.1, -0.05) is 160 Å². The van der Waals surface area contributed by atoms with Crippen LogP contribution in [-0.2, 0) is 10.8 Å². The Morgan fingerprint density at radius 2 is 1.03 bits per heavy atom. The molecule has 0 bridgehead atoms. The molecule has 0 atom stereocenters. The molecule has 338 valence electrons. The van der Waals surface area contributed by atoms with E-state index >= 15 is 0 Å². The van der Waals surface area contributed by atoms with Crippen molar-refractivity contribution in [2.45, 2.75) is 91.9 Å². The van der Waals surface area contributed by atoms with E-state index in [0.29, 0.717) is 11.8 Å². The van der Waals surface area contributed by atoms with Crippen molar-refractivity contribution in [3.05, 3.63) is 168 Å². The molecular weight excluding hydrogens is 846 g/mol. The molecule has 3 nitrogen and oxygen atoms in total. The minimum atomic E-state index is -0.104. The van der Waals surface area contributed by atoms with Gasteiger partial charge >= 0.3 is 6.85 Å². The lowest BCUT2D eigenvalue weighted by molar-refractivity contribution is 0.590. The summed E-state index contributed by atoms with van der Waals surface area (Å²) >= 11 is 0. The van der Waals surface area contributed by atoms with Crippen molar-refractivity contribution < 1.29 is 0 Å². The quantitative estimate of drug-likeness (QED) is 0.157. The zero-order valence-corrected chi connectivity index (χ0v) is 41.9. The molecule has 4 aromatic heterocycles. The van der Waals surface area contributed by atoms with Crippen LogP contribution in [0.5, 0.6) is 0 Å². The number of rotatable bonds is 3. The topological polar surface area (TPSA) is 14.3 Å². The monoisotopic (exact) mass is 901 g/mol. The highest BCUT2D eigenvalue weighted by Crippen LogP contribution is 2.52. The van der Waals surface area contributed by atoms with Crippen molar-refractivity contribution in [1.82, 2.24) is 13.4 Å². The van der Waals surface area contributed by atoms with Crippen LogP contribution in [0.1, 0.15) is 103 Å². The number of aromatic nitrogens is 3. The molecule has 0 N–H and O–H groups in total. The van der Waals surface area contributed by atoms with Crippen LogP contribution in [0.2, 0.25) is 0 Å². The number of fused-ring (bicyclic) bond motifs is 21. The number of hydrogen-bond acceptors (Lipinski definition) is 0. The summed E-state index contributed by atoms with van der Waals surface area (Å²) in [5.41, 5.74) is 24.1. The number of nitrogens with zero attached hydrogens (tertiary/aromatic N) is 3. The van der Waals surface area contributed by atoms with Gasteiger partial charge in [0.2, 0.25) is 0 Å². The van der Waals surface area contributed by atoms with Crippen molar-refractivity contribution >= 4 is 110 Å². The molecule has 15 rings (SSSR count). The Labute approximate surface area is 409 Å². The van der Waals surface area contributed by atoms with E-state index < -0.39 is 0 Å². The van der Waals surface area contributed by atoms with Crippen LogP contribution in [0.3, 0.4) is 0 Å². The maximum Gasteiger partial charge on any atom is 0.333 e. The Hall–Kier alpha value is -7.30. The molecule has 0 fully saturated rings. The van der Waals surface area contributed by atoms with E-state index in [1.54, 1.807) is 0 Å². The third kappa shape index (κ3) is 4.92. The molecule has 0 radical (unpaired) electrons. The van der Waals surface area contributed by atoms with Gasteiger partial charge < -0.3 is 13.4 Å². The fraction of sp³-hybridized carbons (Fsp3) is 0.212. The Morgan fingerprint density at radius 3 is 1.73 bits per heavy atom. The maximum atomic E-state index is 2.81. The first-order valence-electron chi connectivity index (χ1n) is 25.7. The molecule has 4 heteroatoms. The lowest BCUT2D eigenvalue weighted by Crippen LogP contribution is -2.55. The molecule has 2 aliphatic rings. The molecule has 6 heterocycles. The van der Waals surface area contributed by atoms with Gasteiger partial charge in [0.1, 0.15) is 0 Å². The van der Waals surface area contributed by atoms with Crippen LogP contribution in [-0.4, -0.2) is 20.3 Å². The van der Waals surface area contributed by atoms with Gasteiger partial charge in [-0.25, -0.2) is 0 Å². The number of benzene rings is 9. The molecular formula is C66H56BN3. The molecule has 0 aliphatic carbocycles. The largest absolute Gasteiger partial charge is 0.375 e. The highest BCUT2D eigenvalue weighted by atomic mass is 15.0. The predicted molar refractivity (Wildman–Crippen MR) is 303 cm³/mol. The summed E-state index contributed by atoms with van der Waals surface area (Å²) in [7, 11) is 0. The second-order valence-corrected chi connectivity index (χ2v) is 23.6. The van der Waals surface area contributed by atoms with E-state index in [2.05, 4.69) is 228 Å². The lowest BCUT2D eigenvalue weighted by atomic mass is 9.44. The Kier molecular flexibility index (Phi) is 7.72. The fourth-order valence-corrected chi connectivity index (χ4v) is 13.8. The van der Waals surface area contributed by atoms with E-state index in [-0.39, 0.29) is 17.7 Å². The first kappa shape index (κ1) is 40.6. The summed E-state index contributed by atoms with van der Waals surface area (Å²) in [5.74, 6) is 0.777. The van der Waals surface area contributed by atoms with Gasteiger partial charge in [0, 0.05) is 65.4 Å². The van der Waals surface area contributed by atoms with Crippen LogP contribution in [0, 0.1) is 0 Å². The van der Waals surface area contributed by atoms with Gasteiger partial charge in [-0.05, 0) is 138 Å². The third-order valence-electron chi connectivity index (χ3n) is 17.0. The Balaban J connectivity index is 1.22. The molecule has 13 aromatic rings. The van der Waals surface area contributed by atoms with Crippen LogP contribution in [0.4, 0.5) is 0 Å². The summed E-state index contributed by atoms with van der Waals surface area (Å²) in [6.07, 6.45) is 0. The van der Waals surface area contributed by atoms with Crippen molar-refractivity contribution in [2.75, 3.05) is 0 Å². The van der Waals surface area contributed by atoms with Gasteiger partial charge in [-0.15, -0.1) is 0 Å². The molecule has 70 heavy (non-hydrogen) atoms. The van der Waals surface area contributed by atoms with Crippen LogP contribution in [0.25, 0.3) is 120 Å². The maximum absolute atomic E-state index is 2.81. The van der Waals surface area contributed by atoms with Crippen LogP contribution in [0.15, 0.2) is 146 Å². The van der Waals surface area contributed by atoms with Gasteiger partial charge in [0.25, 0.3) is 0 Å². The summed E-state index contributed by atoms with van der Waals surface area (Å²) in [4.78, 5) is 0. The van der Waals surface area contributed by atoms with Crippen molar-refractivity contribution in [3.8, 4) is 27.9 Å². The molecule has 2 aliphatic heterocycles. The molecule has 9 aromatic carbocycles. The predicted octanol–water partition coefficient (Wildman–Crippen LogP) is 16.7. The molecule has 0 saturated carbocycles. The van der Waals surface area contributed by atoms with E-state index in [4.69, 9.17) is 0 Å². The van der Waals surface area contributed by atoms with Gasteiger partial charge in [0.15, 0.2) is 0 Å². The normalized spacial score (nSPS) is 13.8. The minimum absolute atomic E-state index is 0.00388. The first-order chi connectivity index (χ1) is 33.7. The third-order valence-corrected chi connectivity index (χ3v) is 17.0. The minimum Gasteiger partial charge on any atom is -0.375 e. The second-order valence-electron chi connectivity index (χ2n) is 23.6. The molecule has 0 spiro atoms. The van der Waals surface area contributed by atoms with E-state index in [9.17, 15) is 0 Å². The standard InChI is InChI=1S/C66H56BN3/c1-35(2)40-22-17-23-41(36(3)4)56(40)37-26-28-53-49(30-37)58-44-20-12-11-19-43(44)57-50-33-39(66(8,9)10)32-47-46-31-38(65(5,6)7)27-29-54(46)70(62(47)50)67-60-55(69(53)64(58)61(57)67)34-48-42-18-13-15-24-51(42)68-52-25-16-14-21-45(52)59(60)63(48)68/h11-36H,1-10H3. The van der Waals surface area contributed by atoms with Crippen LogP contribution >= 0.6 is 0 Å². The Morgan fingerprint density at radius 1 is 0.414 bits per heavy atom.